The Labute approximate surface area is 148 Å². The molecule has 0 fully saturated rings. The van der Waals surface area contributed by atoms with Crippen molar-refractivity contribution in [2.75, 3.05) is 6.54 Å². The first-order valence-corrected chi connectivity index (χ1v) is 8.61. The van der Waals surface area contributed by atoms with Crippen LogP contribution in [0.5, 0.6) is 0 Å². The fourth-order valence-corrected chi connectivity index (χ4v) is 2.94. The van der Waals surface area contributed by atoms with Crippen LogP contribution in [0.15, 0.2) is 46.8 Å². The molecule has 0 aliphatic rings. The number of nitrogens with zero attached hydrogens (tertiary/aromatic N) is 4. The molecule has 0 saturated heterocycles. The highest BCUT2D eigenvalue weighted by molar-refractivity contribution is 7.09. The van der Waals surface area contributed by atoms with Crippen molar-refractivity contribution in [3.05, 3.63) is 57.4 Å². The lowest BCUT2D eigenvalue weighted by atomic mass is 10.3. The Morgan fingerprint density at radius 2 is 2.16 bits per heavy atom. The van der Waals surface area contributed by atoms with E-state index in [1.165, 1.54) is 9.25 Å². The summed E-state index contributed by atoms with van der Waals surface area (Å²) in [6.45, 7) is 1.08. The zero-order valence-electron chi connectivity index (χ0n) is 13.7. The van der Waals surface area contributed by atoms with E-state index in [2.05, 4.69) is 20.7 Å². The Morgan fingerprint density at radius 3 is 2.88 bits per heavy atom. The standard InChI is InChI=1S/C16H18N6O2S/c1-21-14(12-4-2-6-17-10-12)20-22(16(21)24)8-7-18-15(23)19-11-13-5-3-9-25-13/h2-6,9-10H,7-8,11H2,1H3,(H2,18,19,23). The molecule has 0 aliphatic carbocycles. The molecular formula is C16H18N6O2S. The van der Waals surface area contributed by atoms with Crippen LogP contribution >= 0.6 is 11.3 Å². The van der Waals surface area contributed by atoms with Crippen molar-refractivity contribution in [1.82, 2.24) is 30.0 Å². The molecule has 0 spiro atoms. The number of hydrogen-bond donors (Lipinski definition) is 2. The van der Waals surface area contributed by atoms with Gasteiger partial charge in [-0.25, -0.2) is 14.3 Å². The number of amides is 2. The SMILES string of the molecule is Cn1c(-c2cccnc2)nn(CCNC(=O)NCc2cccs2)c1=O. The average molecular weight is 358 g/mol. The Balaban J connectivity index is 1.55. The molecule has 3 heterocycles. The molecule has 9 heteroatoms. The lowest BCUT2D eigenvalue weighted by molar-refractivity contribution is 0.240. The monoisotopic (exact) mass is 358 g/mol. The van der Waals surface area contributed by atoms with Crippen molar-refractivity contribution >= 4 is 17.4 Å². The van der Waals surface area contributed by atoms with Crippen molar-refractivity contribution in [3.63, 3.8) is 0 Å². The second kappa shape index (κ2) is 7.75. The molecule has 0 bridgehead atoms. The third-order valence-electron chi connectivity index (χ3n) is 3.57. The molecule has 0 radical (unpaired) electrons. The molecular weight excluding hydrogens is 340 g/mol. The van der Waals surface area contributed by atoms with E-state index in [9.17, 15) is 9.59 Å². The molecule has 2 amide bonds. The molecule has 130 valence electrons. The molecule has 0 aromatic carbocycles. The molecule has 0 aliphatic heterocycles. The number of aromatic nitrogens is 4. The van der Waals surface area contributed by atoms with Crippen molar-refractivity contribution in [3.8, 4) is 11.4 Å². The zero-order valence-corrected chi connectivity index (χ0v) is 14.5. The van der Waals surface area contributed by atoms with Gasteiger partial charge in [-0.2, -0.15) is 0 Å². The highest BCUT2D eigenvalue weighted by atomic mass is 32.1. The molecule has 3 aromatic heterocycles. The van der Waals surface area contributed by atoms with Crippen LogP contribution in [0, 0.1) is 0 Å². The highest BCUT2D eigenvalue weighted by Gasteiger charge is 2.12. The second-order valence-electron chi connectivity index (χ2n) is 5.32. The summed E-state index contributed by atoms with van der Waals surface area (Å²) in [5, 5.41) is 11.8. The van der Waals surface area contributed by atoms with Crippen LogP contribution in [-0.4, -0.2) is 31.9 Å². The summed E-state index contributed by atoms with van der Waals surface area (Å²) in [6.07, 6.45) is 3.32. The number of urea groups is 1. The Bertz CT molecular complexity index is 885. The van der Waals surface area contributed by atoms with Crippen LogP contribution in [0.25, 0.3) is 11.4 Å². The van der Waals surface area contributed by atoms with E-state index in [0.717, 1.165) is 10.4 Å². The summed E-state index contributed by atoms with van der Waals surface area (Å²) in [6, 6.07) is 7.25. The largest absolute Gasteiger partial charge is 0.345 e. The minimum atomic E-state index is -0.273. The summed E-state index contributed by atoms with van der Waals surface area (Å²) < 4.78 is 2.80. The van der Waals surface area contributed by atoms with Gasteiger partial charge in [-0.1, -0.05) is 6.07 Å². The van der Waals surface area contributed by atoms with Crippen LogP contribution < -0.4 is 16.3 Å². The van der Waals surface area contributed by atoms with E-state index in [0.29, 0.717) is 25.5 Å². The molecule has 0 unspecified atom stereocenters. The smallest absolute Gasteiger partial charge is 0.336 e. The van der Waals surface area contributed by atoms with Gasteiger partial charge in [0.2, 0.25) is 0 Å². The Morgan fingerprint density at radius 1 is 1.28 bits per heavy atom. The van der Waals surface area contributed by atoms with E-state index in [1.54, 1.807) is 36.8 Å². The van der Waals surface area contributed by atoms with E-state index < -0.39 is 0 Å². The maximum Gasteiger partial charge on any atom is 0.345 e. The van der Waals surface area contributed by atoms with E-state index in [1.807, 2.05) is 23.6 Å². The zero-order chi connectivity index (χ0) is 17.6. The fourth-order valence-electron chi connectivity index (χ4n) is 2.30. The van der Waals surface area contributed by atoms with E-state index >= 15 is 0 Å². The van der Waals surface area contributed by atoms with Gasteiger partial charge in [-0.3, -0.25) is 9.55 Å². The Kier molecular flexibility index (Phi) is 5.24. The van der Waals surface area contributed by atoms with Crippen molar-refractivity contribution in [2.24, 2.45) is 7.05 Å². The molecule has 3 aromatic rings. The minimum Gasteiger partial charge on any atom is -0.336 e. The molecule has 8 nitrogen and oxygen atoms in total. The number of carbonyl (C=O) groups excluding carboxylic acids is 1. The number of nitrogens with one attached hydrogen (secondary N) is 2. The Hall–Kier alpha value is -2.94. The summed E-state index contributed by atoms with van der Waals surface area (Å²) >= 11 is 1.58. The summed E-state index contributed by atoms with van der Waals surface area (Å²) in [7, 11) is 1.66. The van der Waals surface area contributed by atoms with Crippen LogP contribution in [-0.2, 0) is 20.1 Å². The maximum absolute atomic E-state index is 12.2. The van der Waals surface area contributed by atoms with Crippen LogP contribution in [0.1, 0.15) is 4.88 Å². The first kappa shape index (κ1) is 16.9. The third kappa shape index (κ3) is 4.13. The maximum atomic E-state index is 12.2. The lowest BCUT2D eigenvalue weighted by Crippen LogP contribution is -2.38. The van der Waals surface area contributed by atoms with Crippen LogP contribution in [0.3, 0.4) is 0 Å². The van der Waals surface area contributed by atoms with Crippen molar-refractivity contribution in [2.45, 2.75) is 13.1 Å². The normalized spacial score (nSPS) is 10.6. The summed E-state index contributed by atoms with van der Waals surface area (Å²) in [5.74, 6) is 0.542. The fraction of sp³-hybridized carbons (Fsp3) is 0.250. The first-order valence-electron chi connectivity index (χ1n) is 7.73. The molecule has 25 heavy (non-hydrogen) atoms. The quantitative estimate of drug-likeness (QED) is 0.692. The first-order chi connectivity index (χ1) is 12.1. The van der Waals surface area contributed by atoms with Crippen molar-refractivity contribution in [1.29, 1.82) is 0 Å². The van der Waals surface area contributed by atoms with Gasteiger partial charge in [-0.05, 0) is 23.6 Å². The molecule has 3 rings (SSSR count). The highest BCUT2D eigenvalue weighted by Crippen LogP contribution is 2.12. The molecule has 2 N–H and O–H groups in total. The average Bonchev–Trinajstić information content (AvgIpc) is 3.24. The number of pyridine rings is 1. The van der Waals surface area contributed by atoms with Gasteiger partial charge in [-0.15, -0.1) is 16.4 Å². The number of carbonyl (C=O) groups is 1. The topological polar surface area (TPSA) is 93.8 Å². The minimum absolute atomic E-state index is 0.236. The number of thiophene rings is 1. The summed E-state index contributed by atoms with van der Waals surface area (Å²) in [4.78, 5) is 29.1. The van der Waals surface area contributed by atoms with Crippen LogP contribution in [0.4, 0.5) is 4.79 Å². The van der Waals surface area contributed by atoms with Gasteiger partial charge in [0.1, 0.15) is 0 Å². The van der Waals surface area contributed by atoms with Gasteiger partial charge >= 0.3 is 11.7 Å². The lowest BCUT2D eigenvalue weighted by Gasteiger charge is -2.06. The van der Waals surface area contributed by atoms with Gasteiger partial charge in [0.25, 0.3) is 0 Å². The van der Waals surface area contributed by atoms with Crippen molar-refractivity contribution < 1.29 is 4.79 Å². The third-order valence-corrected chi connectivity index (χ3v) is 4.45. The molecule has 0 saturated carbocycles. The predicted octanol–water partition coefficient (Wildman–Crippen LogP) is 1.20. The van der Waals surface area contributed by atoms with Gasteiger partial charge < -0.3 is 10.6 Å². The molecule has 0 atom stereocenters. The summed E-state index contributed by atoms with van der Waals surface area (Å²) in [5.41, 5.74) is 0.530. The number of rotatable bonds is 6. The van der Waals surface area contributed by atoms with Gasteiger partial charge in [0, 0.05) is 36.4 Å². The second-order valence-corrected chi connectivity index (χ2v) is 6.35. The predicted molar refractivity (Wildman–Crippen MR) is 95.3 cm³/mol. The van der Waals surface area contributed by atoms with Gasteiger partial charge in [0.05, 0.1) is 13.1 Å². The van der Waals surface area contributed by atoms with Crippen LogP contribution in [0.2, 0.25) is 0 Å². The number of hydrogen-bond acceptors (Lipinski definition) is 5. The van der Waals surface area contributed by atoms with E-state index in [-0.39, 0.29) is 11.7 Å². The van der Waals surface area contributed by atoms with Gasteiger partial charge in [0.15, 0.2) is 5.82 Å². The van der Waals surface area contributed by atoms with E-state index in [4.69, 9.17) is 0 Å².